The molecule has 1 fully saturated rings. The molecule has 1 nitrogen and oxygen atoms in total. The van der Waals surface area contributed by atoms with Crippen LogP contribution in [-0.2, 0) is 0 Å². The van der Waals surface area contributed by atoms with Crippen LogP contribution in [0.25, 0.3) is 0 Å². The first-order valence-corrected chi connectivity index (χ1v) is 7.94. The van der Waals surface area contributed by atoms with E-state index in [0.29, 0.717) is 11.5 Å². The Bertz CT molecular complexity index is 517. The van der Waals surface area contributed by atoms with E-state index in [1.807, 2.05) is 13.0 Å². The molecule has 0 bridgehead atoms. The number of alkyl halides is 2. The number of hydrogen-bond donors (Lipinski definition) is 0. The number of hydrogen-bond acceptors (Lipinski definition) is 1. The van der Waals surface area contributed by atoms with Gasteiger partial charge < -0.3 is 4.74 Å². The highest BCUT2D eigenvalue weighted by molar-refractivity contribution is 5.40. The fourth-order valence-corrected chi connectivity index (χ4v) is 3.33. The molecule has 0 spiro atoms. The SMILES string of the molecule is C/C=C/C1CCC(c2ccc(OCC)c(F)c2C(F)F)CC1. The van der Waals surface area contributed by atoms with Crippen molar-refractivity contribution in [1.82, 2.24) is 0 Å². The molecule has 1 aromatic rings. The Morgan fingerprint density at radius 3 is 2.45 bits per heavy atom. The number of halogens is 3. The Morgan fingerprint density at radius 2 is 1.91 bits per heavy atom. The van der Waals surface area contributed by atoms with Crippen molar-refractivity contribution in [2.45, 2.75) is 51.9 Å². The molecule has 122 valence electrons. The molecule has 0 heterocycles. The molecule has 0 aromatic heterocycles. The van der Waals surface area contributed by atoms with E-state index >= 15 is 0 Å². The van der Waals surface area contributed by atoms with Crippen LogP contribution in [0.3, 0.4) is 0 Å². The minimum Gasteiger partial charge on any atom is -0.491 e. The molecule has 0 saturated heterocycles. The van der Waals surface area contributed by atoms with E-state index in [0.717, 1.165) is 25.7 Å². The molecule has 22 heavy (non-hydrogen) atoms. The zero-order valence-electron chi connectivity index (χ0n) is 13.1. The highest BCUT2D eigenvalue weighted by atomic mass is 19.3. The average Bonchev–Trinajstić information content (AvgIpc) is 2.50. The van der Waals surface area contributed by atoms with Crippen LogP contribution in [0.4, 0.5) is 13.2 Å². The van der Waals surface area contributed by atoms with Gasteiger partial charge in [-0.2, -0.15) is 0 Å². The zero-order valence-corrected chi connectivity index (χ0v) is 13.1. The van der Waals surface area contributed by atoms with Gasteiger partial charge in [-0.3, -0.25) is 0 Å². The first-order chi connectivity index (χ1) is 10.6. The van der Waals surface area contributed by atoms with E-state index in [9.17, 15) is 13.2 Å². The second kappa shape index (κ2) is 7.70. The number of rotatable bonds is 5. The van der Waals surface area contributed by atoms with Crippen LogP contribution in [0.2, 0.25) is 0 Å². The van der Waals surface area contributed by atoms with Crippen molar-refractivity contribution < 1.29 is 17.9 Å². The Labute approximate surface area is 130 Å². The van der Waals surface area contributed by atoms with Gasteiger partial charge in [0.15, 0.2) is 11.6 Å². The second-order valence-corrected chi connectivity index (χ2v) is 5.75. The van der Waals surface area contributed by atoms with Crippen LogP contribution in [0.5, 0.6) is 5.75 Å². The summed E-state index contributed by atoms with van der Waals surface area (Å²) in [7, 11) is 0. The van der Waals surface area contributed by atoms with Crippen molar-refractivity contribution in [2.75, 3.05) is 6.61 Å². The molecule has 1 aliphatic rings. The molecule has 0 amide bonds. The molecular weight excluding hydrogens is 289 g/mol. The van der Waals surface area contributed by atoms with E-state index in [1.165, 1.54) is 6.07 Å². The summed E-state index contributed by atoms with van der Waals surface area (Å²) < 4.78 is 46.1. The van der Waals surface area contributed by atoms with Gasteiger partial charge in [-0.05, 0) is 63.0 Å². The normalized spacial score (nSPS) is 22.5. The molecule has 0 unspecified atom stereocenters. The number of allylic oxidation sites excluding steroid dienone is 2. The Hall–Kier alpha value is -1.45. The monoisotopic (exact) mass is 312 g/mol. The minimum atomic E-state index is -2.82. The largest absolute Gasteiger partial charge is 0.491 e. The van der Waals surface area contributed by atoms with E-state index < -0.39 is 17.8 Å². The predicted octanol–water partition coefficient (Wildman–Crippen LogP) is 6.01. The molecule has 1 aromatic carbocycles. The van der Waals surface area contributed by atoms with Crippen LogP contribution in [0.1, 0.15) is 63.0 Å². The molecule has 2 rings (SSSR count). The number of benzene rings is 1. The molecule has 0 aliphatic heterocycles. The summed E-state index contributed by atoms with van der Waals surface area (Å²) in [6.45, 7) is 3.95. The average molecular weight is 312 g/mol. The third-order valence-corrected chi connectivity index (χ3v) is 4.37. The van der Waals surface area contributed by atoms with Gasteiger partial charge in [0.2, 0.25) is 0 Å². The van der Waals surface area contributed by atoms with Crippen molar-refractivity contribution in [3.8, 4) is 5.75 Å². The minimum absolute atomic E-state index is 0.00989. The lowest BCUT2D eigenvalue weighted by Crippen LogP contribution is -2.14. The van der Waals surface area contributed by atoms with Gasteiger partial charge in [-0.25, -0.2) is 13.2 Å². The van der Waals surface area contributed by atoms with Crippen molar-refractivity contribution in [2.24, 2.45) is 5.92 Å². The molecule has 0 atom stereocenters. The van der Waals surface area contributed by atoms with Gasteiger partial charge in [0.05, 0.1) is 12.2 Å². The van der Waals surface area contributed by atoms with Gasteiger partial charge in [0.1, 0.15) is 0 Å². The molecule has 0 N–H and O–H groups in total. The lowest BCUT2D eigenvalue weighted by molar-refractivity contribution is 0.142. The lowest BCUT2D eigenvalue weighted by Gasteiger charge is -2.29. The highest BCUT2D eigenvalue weighted by Crippen LogP contribution is 2.42. The van der Waals surface area contributed by atoms with Crippen LogP contribution in [0.15, 0.2) is 24.3 Å². The maximum Gasteiger partial charge on any atom is 0.267 e. The maximum atomic E-state index is 14.3. The third kappa shape index (κ3) is 3.65. The van der Waals surface area contributed by atoms with Gasteiger partial charge in [0.25, 0.3) is 6.43 Å². The second-order valence-electron chi connectivity index (χ2n) is 5.75. The van der Waals surface area contributed by atoms with Gasteiger partial charge in [-0.15, -0.1) is 0 Å². The summed E-state index contributed by atoms with van der Waals surface area (Å²) in [6, 6.07) is 3.11. The van der Waals surface area contributed by atoms with Crippen LogP contribution in [0, 0.1) is 11.7 Å². The van der Waals surface area contributed by atoms with Crippen LogP contribution < -0.4 is 4.74 Å². The number of ether oxygens (including phenoxy) is 1. The lowest BCUT2D eigenvalue weighted by atomic mass is 9.77. The fourth-order valence-electron chi connectivity index (χ4n) is 3.33. The van der Waals surface area contributed by atoms with E-state index in [4.69, 9.17) is 4.74 Å². The van der Waals surface area contributed by atoms with Gasteiger partial charge in [0, 0.05) is 0 Å². The van der Waals surface area contributed by atoms with Crippen molar-refractivity contribution in [3.63, 3.8) is 0 Å². The quantitative estimate of drug-likeness (QED) is 0.605. The van der Waals surface area contributed by atoms with Crippen molar-refractivity contribution >= 4 is 0 Å². The Balaban J connectivity index is 2.26. The summed E-state index contributed by atoms with van der Waals surface area (Å²) >= 11 is 0. The molecule has 1 saturated carbocycles. The first-order valence-electron chi connectivity index (χ1n) is 7.94. The third-order valence-electron chi connectivity index (χ3n) is 4.37. The smallest absolute Gasteiger partial charge is 0.267 e. The fraction of sp³-hybridized carbons (Fsp3) is 0.556. The predicted molar refractivity (Wildman–Crippen MR) is 82.0 cm³/mol. The van der Waals surface area contributed by atoms with Gasteiger partial charge in [-0.1, -0.05) is 18.2 Å². The van der Waals surface area contributed by atoms with E-state index in [2.05, 4.69) is 6.08 Å². The van der Waals surface area contributed by atoms with E-state index in [-0.39, 0.29) is 18.3 Å². The molecule has 0 radical (unpaired) electrons. The zero-order chi connectivity index (χ0) is 16.1. The van der Waals surface area contributed by atoms with E-state index in [1.54, 1.807) is 13.0 Å². The van der Waals surface area contributed by atoms with Crippen LogP contribution >= 0.6 is 0 Å². The molecular formula is C18H23F3O. The standard InChI is InChI=1S/C18H23F3O/c1-3-5-12-6-8-13(9-7-12)14-10-11-15(22-4-2)17(19)16(14)18(20)21/h3,5,10-13,18H,4,6-9H2,1-2H3/b5-3+. The summed E-state index contributed by atoms with van der Waals surface area (Å²) in [5, 5.41) is 0. The highest BCUT2D eigenvalue weighted by Gasteiger charge is 2.29. The molecule has 4 heteroatoms. The Kier molecular flexibility index (Phi) is 5.92. The summed E-state index contributed by atoms with van der Waals surface area (Å²) in [5.74, 6) is -0.450. The van der Waals surface area contributed by atoms with Crippen LogP contribution in [-0.4, -0.2) is 6.61 Å². The van der Waals surface area contributed by atoms with Crippen molar-refractivity contribution in [1.29, 1.82) is 0 Å². The summed E-state index contributed by atoms with van der Waals surface area (Å²) in [4.78, 5) is 0. The summed E-state index contributed by atoms with van der Waals surface area (Å²) in [5.41, 5.74) is -0.0182. The maximum absolute atomic E-state index is 14.3. The summed E-state index contributed by atoms with van der Waals surface area (Å²) in [6.07, 6.45) is 4.96. The molecule has 1 aliphatic carbocycles. The van der Waals surface area contributed by atoms with Gasteiger partial charge >= 0.3 is 0 Å². The van der Waals surface area contributed by atoms with Crippen molar-refractivity contribution in [3.05, 3.63) is 41.2 Å². The first kappa shape index (κ1) is 16.9. The topological polar surface area (TPSA) is 9.23 Å². The Morgan fingerprint density at radius 1 is 1.23 bits per heavy atom.